The third kappa shape index (κ3) is 4.85. The fourth-order valence-electron chi connectivity index (χ4n) is 4.42. The van der Waals surface area contributed by atoms with Crippen molar-refractivity contribution >= 4 is 28.3 Å². The highest BCUT2D eigenvalue weighted by molar-refractivity contribution is 5.92. The van der Waals surface area contributed by atoms with E-state index < -0.39 is 0 Å². The Morgan fingerprint density at radius 2 is 1.85 bits per heavy atom. The summed E-state index contributed by atoms with van der Waals surface area (Å²) in [6.07, 6.45) is 4.91. The Morgan fingerprint density at radius 3 is 2.59 bits per heavy atom. The summed E-state index contributed by atoms with van der Waals surface area (Å²) in [5, 5.41) is 7.15. The van der Waals surface area contributed by atoms with Crippen molar-refractivity contribution in [2.75, 3.05) is 23.3 Å². The first kappa shape index (κ1) is 21.9. The van der Waals surface area contributed by atoms with Gasteiger partial charge in [0.15, 0.2) is 0 Å². The minimum absolute atomic E-state index is 0.0384. The number of nitrogens with one attached hydrogen (secondary N) is 2. The van der Waals surface area contributed by atoms with E-state index in [9.17, 15) is 9.59 Å². The maximum atomic E-state index is 12.8. The number of para-hydroxylation sites is 2. The summed E-state index contributed by atoms with van der Waals surface area (Å²) in [6, 6.07) is 17.7. The van der Waals surface area contributed by atoms with E-state index in [1.807, 2.05) is 36.4 Å². The molecule has 0 unspecified atom stereocenters. The van der Waals surface area contributed by atoms with E-state index in [0.29, 0.717) is 0 Å². The number of amides is 1. The lowest BCUT2D eigenvalue weighted by Gasteiger charge is -2.32. The van der Waals surface area contributed by atoms with Crippen LogP contribution in [0, 0.1) is 5.92 Å². The molecule has 5 rings (SSSR count). The molecule has 1 amide bonds. The van der Waals surface area contributed by atoms with Gasteiger partial charge >= 0.3 is 0 Å². The van der Waals surface area contributed by atoms with Crippen LogP contribution in [-0.2, 0) is 24.7 Å². The molecule has 8 heteroatoms. The Hall–Kier alpha value is -3.94. The van der Waals surface area contributed by atoms with E-state index in [-0.39, 0.29) is 17.4 Å². The number of aromatic nitrogens is 4. The van der Waals surface area contributed by atoms with E-state index >= 15 is 0 Å². The number of hydrogen-bond donors (Lipinski definition) is 2. The Labute approximate surface area is 197 Å². The number of aromatic amines is 1. The SMILES string of the molecule is Cn1ncc(N2CCC(C(=O)Nc3ccc(CCc4nc5ccccc5[nH]4)cc3)CC2)cc1=O. The van der Waals surface area contributed by atoms with Crippen molar-refractivity contribution in [3.8, 4) is 0 Å². The van der Waals surface area contributed by atoms with Crippen LogP contribution < -0.4 is 15.8 Å². The second-order valence-electron chi connectivity index (χ2n) is 8.82. The predicted octanol–water partition coefficient (Wildman–Crippen LogP) is 3.30. The highest BCUT2D eigenvalue weighted by Crippen LogP contribution is 2.23. The van der Waals surface area contributed by atoms with Crippen LogP contribution in [0.15, 0.2) is 65.6 Å². The second-order valence-corrected chi connectivity index (χ2v) is 8.82. The molecule has 0 atom stereocenters. The molecule has 1 fully saturated rings. The van der Waals surface area contributed by atoms with Gasteiger partial charge in [0.05, 0.1) is 22.9 Å². The molecule has 0 bridgehead atoms. The molecule has 174 valence electrons. The number of aryl methyl sites for hydroxylation is 3. The zero-order valence-electron chi connectivity index (χ0n) is 19.2. The number of rotatable bonds is 6. The number of fused-ring (bicyclic) bond motifs is 1. The standard InChI is InChI=1S/C26H28N6O2/c1-31-25(33)16-21(17-27-31)32-14-12-19(13-15-32)26(34)28-20-9-6-18(7-10-20)8-11-24-29-22-4-2-3-5-23(22)30-24/h2-7,9-10,16-17,19H,8,11-15H2,1H3,(H,28,34)(H,29,30). The fraction of sp³-hybridized carbons (Fsp3) is 0.308. The summed E-state index contributed by atoms with van der Waals surface area (Å²) in [5.41, 5.74) is 4.76. The molecule has 3 heterocycles. The van der Waals surface area contributed by atoms with Gasteiger partial charge < -0.3 is 15.2 Å². The highest BCUT2D eigenvalue weighted by Gasteiger charge is 2.25. The Balaban J connectivity index is 1.11. The van der Waals surface area contributed by atoms with Crippen molar-refractivity contribution in [3.63, 3.8) is 0 Å². The van der Waals surface area contributed by atoms with Crippen LogP contribution in [0.3, 0.4) is 0 Å². The summed E-state index contributed by atoms with van der Waals surface area (Å²) in [5.74, 6) is 0.997. The minimum atomic E-state index is -0.126. The van der Waals surface area contributed by atoms with Gasteiger partial charge in [-0.2, -0.15) is 5.10 Å². The zero-order chi connectivity index (χ0) is 23.5. The maximum Gasteiger partial charge on any atom is 0.268 e. The minimum Gasteiger partial charge on any atom is -0.370 e. The molecule has 2 aromatic carbocycles. The van der Waals surface area contributed by atoms with Crippen molar-refractivity contribution < 1.29 is 4.79 Å². The van der Waals surface area contributed by atoms with E-state index in [1.54, 1.807) is 19.3 Å². The molecule has 34 heavy (non-hydrogen) atoms. The average Bonchev–Trinajstić information content (AvgIpc) is 3.28. The number of hydrogen-bond acceptors (Lipinski definition) is 5. The van der Waals surface area contributed by atoms with Gasteiger partial charge in [0.25, 0.3) is 5.56 Å². The number of carbonyl (C=O) groups is 1. The van der Waals surface area contributed by atoms with Crippen LogP contribution in [0.2, 0.25) is 0 Å². The highest BCUT2D eigenvalue weighted by atomic mass is 16.2. The molecule has 2 N–H and O–H groups in total. The molecule has 1 aliphatic heterocycles. The van der Waals surface area contributed by atoms with Crippen LogP contribution in [-0.4, -0.2) is 38.7 Å². The third-order valence-corrected chi connectivity index (χ3v) is 6.49. The van der Waals surface area contributed by atoms with Crippen LogP contribution in [0.4, 0.5) is 11.4 Å². The van der Waals surface area contributed by atoms with E-state index in [4.69, 9.17) is 0 Å². The number of nitrogens with zero attached hydrogens (tertiary/aromatic N) is 4. The van der Waals surface area contributed by atoms with Gasteiger partial charge in [0.1, 0.15) is 5.82 Å². The third-order valence-electron chi connectivity index (χ3n) is 6.49. The molecule has 0 radical (unpaired) electrons. The molecule has 0 spiro atoms. The van der Waals surface area contributed by atoms with Gasteiger partial charge in [0, 0.05) is 44.2 Å². The lowest BCUT2D eigenvalue weighted by atomic mass is 9.95. The van der Waals surface area contributed by atoms with Gasteiger partial charge in [-0.25, -0.2) is 9.67 Å². The second kappa shape index (κ2) is 9.51. The topological polar surface area (TPSA) is 95.9 Å². The van der Waals surface area contributed by atoms with Gasteiger partial charge in [-0.3, -0.25) is 9.59 Å². The predicted molar refractivity (Wildman–Crippen MR) is 133 cm³/mol. The normalized spacial score (nSPS) is 14.4. The number of carbonyl (C=O) groups excluding carboxylic acids is 1. The summed E-state index contributed by atoms with van der Waals surface area (Å²) in [7, 11) is 1.63. The van der Waals surface area contributed by atoms with Crippen LogP contribution in [0.25, 0.3) is 11.0 Å². The number of anilines is 2. The molecule has 0 saturated carbocycles. The monoisotopic (exact) mass is 456 g/mol. The van der Waals surface area contributed by atoms with Gasteiger partial charge in [-0.05, 0) is 49.1 Å². The zero-order valence-corrected chi connectivity index (χ0v) is 19.2. The first-order chi connectivity index (χ1) is 16.5. The molecule has 1 saturated heterocycles. The quantitative estimate of drug-likeness (QED) is 0.464. The molecular formula is C26H28N6O2. The van der Waals surface area contributed by atoms with Crippen molar-refractivity contribution in [2.24, 2.45) is 13.0 Å². The number of H-pyrrole nitrogens is 1. The molecule has 2 aromatic heterocycles. The smallest absolute Gasteiger partial charge is 0.268 e. The summed E-state index contributed by atoms with van der Waals surface area (Å²) in [4.78, 5) is 34.7. The van der Waals surface area contributed by atoms with Crippen molar-refractivity contribution in [1.82, 2.24) is 19.7 Å². The van der Waals surface area contributed by atoms with Crippen molar-refractivity contribution in [1.29, 1.82) is 0 Å². The lowest BCUT2D eigenvalue weighted by Crippen LogP contribution is -2.39. The van der Waals surface area contributed by atoms with Gasteiger partial charge in [-0.1, -0.05) is 24.3 Å². The molecule has 4 aromatic rings. The Kier molecular flexibility index (Phi) is 6.12. The molecule has 8 nitrogen and oxygen atoms in total. The van der Waals surface area contributed by atoms with Crippen LogP contribution >= 0.6 is 0 Å². The number of piperidine rings is 1. The summed E-state index contributed by atoms with van der Waals surface area (Å²) >= 11 is 0. The fourth-order valence-corrected chi connectivity index (χ4v) is 4.42. The van der Waals surface area contributed by atoms with Crippen molar-refractivity contribution in [2.45, 2.75) is 25.7 Å². The Morgan fingerprint density at radius 1 is 1.09 bits per heavy atom. The first-order valence-corrected chi connectivity index (χ1v) is 11.7. The van der Waals surface area contributed by atoms with E-state index in [1.165, 1.54) is 10.2 Å². The van der Waals surface area contributed by atoms with Gasteiger partial charge in [0.2, 0.25) is 5.91 Å². The molecule has 0 aliphatic carbocycles. The van der Waals surface area contributed by atoms with E-state index in [0.717, 1.165) is 67.0 Å². The van der Waals surface area contributed by atoms with E-state index in [2.05, 4.69) is 37.4 Å². The largest absolute Gasteiger partial charge is 0.370 e. The summed E-state index contributed by atoms with van der Waals surface area (Å²) in [6.45, 7) is 1.46. The van der Waals surface area contributed by atoms with Crippen molar-refractivity contribution in [3.05, 3.63) is 82.5 Å². The average molecular weight is 457 g/mol. The number of imidazole rings is 1. The maximum absolute atomic E-state index is 12.8. The molecular weight excluding hydrogens is 428 g/mol. The molecule has 1 aliphatic rings. The van der Waals surface area contributed by atoms with Crippen LogP contribution in [0.1, 0.15) is 24.2 Å². The number of benzene rings is 2. The summed E-state index contributed by atoms with van der Waals surface area (Å²) < 4.78 is 1.31. The van der Waals surface area contributed by atoms with Crippen LogP contribution in [0.5, 0.6) is 0 Å². The Bertz CT molecular complexity index is 1320. The lowest BCUT2D eigenvalue weighted by molar-refractivity contribution is -0.120. The first-order valence-electron chi connectivity index (χ1n) is 11.7. The van der Waals surface area contributed by atoms with Gasteiger partial charge in [-0.15, -0.1) is 0 Å².